The topological polar surface area (TPSA) is 0 Å². The second-order valence-corrected chi connectivity index (χ2v) is 6.35. The van der Waals surface area contributed by atoms with Crippen molar-refractivity contribution in [2.45, 2.75) is 98.8 Å². The van der Waals surface area contributed by atoms with Gasteiger partial charge in [-0.1, -0.05) is 77.9 Å². The Morgan fingerprint density at radius 2 is 1.00 bits per heavy atom. The zero-order valence-electron chi connectivity index (χ0n) is 16.6. The van der Waals surface area contributed by atoms with Crippen molar-refractivity contribution in [1.82, 2.24) is 0 Å². The summed E-state index contributed by atoms with van der Waals surface area (Å²) in [7, 11) is 0. The molecule has 0 atom stereocenters. The van der Waals surface area contributed by atoms with E-state index in [1.807, 2.05) is 11.1 Å². The van der Waals surface area contributed by atoms with E-state index >= 15 is 0 Å². The molecular formula is C20H37K. The molecule has 1 aliphatic carbocycles. The number of hydrogen-bond donors (Lipinski definition) is 0. The van der Waals surface area contributed by atoms with Crippen molar-refractivity contribution < 1.29 is 52.8 Å². The molecule has 0 heterocycles. The molecule has 0 saturated carbocycles. The van der Waals surface area contributed by atoms with E-state index in [4.69, 9.17) is 0 Å². The molecule has 0 aromatic heterocycles. The van der Waals surface area contributed by atoms with E-state index in [9.17, 15) is 0 Å². The van der Waals surface area contributed by atoms with Crippen LogP contribution in [0.1, 0.15) is 100 Å². The Kier molecular flexibility index (Phi) is 13.2. The molecule has 0 aromatic rings. The van der Waals surface area contributed by atoms with E-state index < -0.39 is 0 Å². The van der Waals surface area contributed by atoms with Crippen molar-refractivity contribution in [3.63, 3.8) is 0 Å². The van der Waals surface area contributed by atoms with Crippen molar-refractivity contribution >= 4 is 0 Å². The zero-order valence-corrected chi connectivity index (χ0v) is 18.8. The maximum Gasteiger partial charge on any atom is 1.00 e. The third kappa shape index (κ3) is 5.92. The van der Waals surface area contributed by atoms with Gasteiger partial charge in [0.2, 0.25) is 0 Å². The summed E-state index contributed by atoms with van der Waals surface area (Å²) < 4.78 is 0. The Hall–Kier alpha value is 1.12. The predicted molar refractivity (Wildman–Crippen MR) is 93.2 cm³/mol. The fourth-order valence-corrected chi connectivity index (χ4v) is 3.97. The third-order valence-electron chi connectivity index (χ3n) is 4.60. The van der Waals surface area contributed by atoms with Gasteiger partial charge in [-0.15, -0.1) is 0 Å². The van der Waals surface area contributed by atoms with Gasteiger partial charge in [-0.05, 0) is 43.3 Å². The van der Waals surface area contributed by atoms with E-state index in [0.29, 0.717) is 0 Å². The SMILES string of the molecule is CCCC1=C(CCC)C(CCC)C(CCC)=C1CCC.[H-].[K+]. The minimum Gasteiger partial charge on any atom is -1.00 e. The van der Waals surface area contributed by atoms with Gasteiger partial charge < -0.3 is 1.43 Å². The summed E-state index contributed by atoms with van der Waals surface area (Å²) in [4.78, 5) is 0. The standard InChI is InChI=1S/C20H36.K.H/c1-6-11-16-17(12-7-2)19(14-9-4)20(15-10-5)18(16)13-8-3;;/h16H,6-15H2,1-5H3;;/q;+1;-1. The van der Waals surface area contributed by atoms with Gasteiger partial charge in [-0.2, -0.15) is 0 Å². The summed E-state index contributed by atoms with van der Waals surface area (Å²) in [6.45, 7) is 11.7. The van der Waals surface area contributed by atoms with E-state index in [2.05, 4.69) is 34.6 Å². The molecule has 0 fully saturated rings. The van der Waals surface area contributed by atoms with Gasteiger partial charge in [-0.3, -0.25) is 0 Å². The van der Waals surface area contributed by atoms with Crippen molar-refractivity contribution in [2.75, 3.05) is 0 Å². The van der Waals surface area contributed by atoms with Crippen LogP contribution in [0.25, 0.3) is 0 Å². The first-order valence-electron chi connectivity index (χ1n) is 9.19. The first-order chi connectivity index (χ1) is 9.74. The molecule has 0 unspecified atom stereocenters. The summed E-state index contributed by atoms with van der Waals surface area (Å²) in [5, 5.41) is 0. The first kappa shape index (κ1) is 22.1. The maximum absolute atomic E-state index is 2.35. The maximum atomic E-state index is 2.35. The molecule has 0 bridgehead atoms. The van der Waals surface area contributed by atoms with Crippen LogP contribution >= 0.6 is 0 Å². The molecular weight excluding hydrogens is 279 g/mol. The van der Waals surface area contributed by atoms with Gasteiger partial charge in [0.15, 0.2) is 0 Å². The molecule has 0 N–H and O–H groups in total. The van der Waals surface area contributed by atoms with Gasteiger partial charge in [-0.25, -0.2) is 0 Å². The Balaban J connectivity index is 0. The molecule has 118 valence electrons. The van der Waals surface area contributed by atoms with E-state index in [0.717, 1.165) is 5.92 Å². The summed E-state index contributed by atoms with van der Waals surface area (Å²) in [5.74, 6) is 0.808. The fourth-order valence-electron chi connectivity index (χ4n) is 3.97. The molecule has 0 nitrogen and oxygen atoms in total. The van der Waals surface area contributed by atoms with E-state index in [-0.39, 0.29) is 52.8 Å². The number of rotatable bonds is 10. The van der Waals surface area contributed by atoms with Crippen molar-refractivity contribution in [3.05, 3.63) is 22.3 Å². The van der Waals surface area contributed by atoms with Crippen LogP contribution in [0.5, 0.6) is 0 Å². The van der Waals surface area contributed by atoms with E-state index in [1.165, 1.54) is 64.2 Å². The largest absolute Gasteiger partial charge is 1.00 e. The zero-order chi connectivity index (χ0) is 15.0. The smallest absolute Gasteiger partial charge is 1.00 e. The van der Waals surface area contributed by atoms with Crippen LogP contribution in [0.15, 0.2) is 22.3 Å². The molecule has 21 heavy (non-hydrogen) atoms. The Morgan fingerprint density at radius 1 is 0.619 bits per heavy atom. The number of allylic oxidation sites excluding steroid dienone is 4. The summed E-state index contributed by atoms with van der Waals surface area (Å²) in [5.41, 5.74) is 7.25. The second kappa shape index (κ2) is 12.5. The molecule has 1 rings (SSSR count). The fraction of sp³-hybridized carbons (Fsp3) is 0.800. The third-order valence-corrected chi connectivity index (χ3v) is 4.60. The van der Waals surface area contributed by atoms with Gasteiger partial charge >= 0.3 is 51.4 Å². The molecule has 0 aromatic carbocycles. The van der Waals surface area contributed by atoms with Gasteiger partial charge in [0, 0.05) is 5.92 Å². The van der Waals surface area contributed by atoms with E-state index in [1.54, 1.807) is 11.1 Å². The molecule has 0 saturated heterocycles. The van der Waals surface area contributed by atoms with Crippen LogP contribution in [0.2, 0.25) is 0 Å². The molecule has 0 amide bonds. The average molecular weight is 317 g/mol. The molecule has 1 aliphatic rings. The van der Waals surface area contributed by atoms with Crippen LogP contribution in [0.4, 0.5) is 0 Å². The van der Waals surface area contributed by atoms with Crippen LogP contribution in [-0.4, -0.2) is 0 Å². The van der Waals surface area contributed by atoms with Crippen LogP contribution in [-0.2, 0) is 0 Å². The van der Waals surface area contributed by atoms with Crippen LogP contribution in [0, 0.1) is 5.92 Å². The van der Waals surface area contributed by atoms with Crippen molar-refractivity contribution in [2.24, 2.45) is 5.92 Å². The monoisotopic (exact) mass is 316 g/mol. The predicted octanol–water partition coefficient (Wildman–Crippen LogP) is 4.33. The normalized spacial score (nSPS) is 15.9. The first-order valence-corrected chi connectivity index (χ1v) is 9.19. The van der Waals surface area contributed by atoms with Gasteiger partial charge in [0.1, 0.15) is 0 Å². The summed E-state index contributed by atoms with van der Waals surface area (Å²) >= 11 is 0. The van der Waals surface area contributed by atoms with Crippen molar-refractivity contribution in [3.8, 4) is 0 Å². The summed E-state index contributed by atoms with van der Waals surface area (Å²) in [6, 6.07) is 0. The summed E-state index contributed by atoms with van der Waals surface area (Å²) in [6.07, 6.45) is 13.2. The van der Waals surface area contributed by atoms with Crippen LogP contribution in [0.3, 0.4) is 0 Å². The second-order valence-electron chi connectivity index (χ2n) is 6.35. The van der Waals surface area contributed by atoms with Crippen molar-refractivity contribution in [1.29, 1.82) is 0 Å². The average Bonchev–Trinajstić information content (AvgIpc) is 2.68. The molecule has 0 radical (unpaired) electrons. The minimum atomic E-state index is 0. The van der Waals surface area contributed by atoms with Gasteiger partial charge in [0.25, 0.3) is 0 Å². The van der Waals surface area contributed by atoms with Crippen LogP contribution < -0.4 is 51.4 Å². The van der Waals surface area contributed by atoms with Gasteiger partial charge in [0.05, 0.1) is 0 Å². The Morgan fingerprint density at radius 3 is 1.29 bits per heavy atom. The molecule has 0 spiro atoms. The molecule has 0 aliphatic heterocycles. The molecule has 1 heteroatoms. The quantitative estimate of drug-likeness (QED) is 0.526. The number of hydrogen-bond acceptors (Lipinski definition) is 0. The Labute approximate surface area is 178 Å². The Bertz CT molecular complexity index is 323. The minimum absolute atomic E-state index is 0.